The zero-order valence-corrected chi connectivity index (χ0v) is 8.49. The molecular weight excluding hydrogens is 200 g/mol. The second-order valence-electron chi connectivity index (χ2n) is 2.80. The molecule has 0 aliphatic heterocycles. The fraction of sp³-hybridized carbons (Fsp3) is 0.222. The van der Waals surface area contributed by atoms with Crippen molar-refractivity contribution in [3.8, 4) is 0 Å². The number of azo groups is 1. The van der Waals surface area contributed by atoms with Crippen LogP contribution >= 0.6 is 11.6 Å². The molecule has 0 saturated carbocycles. The van der Waals surface area contributed by atoms with Crippen molar-refractivity contribution in [2.24, 2.45) is 16.0 Å². The van der Waals surface area contributed by atoms with Crippen LogP contribution in [0.15, 0.2) is 34.5 Å². The van der Waals surface area contributed by atoms with Crippen LogP contribution in [0.25, 0.3) is 0 Å². The Morgan fingerprint density at radius 3 is 2.71 bits per heavy atom. The minimum absolute atomic E-state index is 0.187. The summed E-state index contributed by atoms with van der Waals surface area (Å²) < 4.78 is 0. The summed E-state index contributed by atoms with van der Waals surface area (Å²) in [4.78, 5) is 0. The van der Waals surface area contributed by atoms with Crippen LogP contribution in [0.3, 0.4) is 0 Å². The van der Waals surface area contributed by atoms with Crippen molar-refractivity contribution in [1.82, 2.24) is 0 Å². The van der Waals surface area contributed by atoms with Gasteiger partial charge in [0.05, 0.1) is 6.04 Å². The molecule has 74 valence electrons. The summed E-state index contributed by atoms with van der Waals surface area (Å²) in [6.45, 7) is 1.84. The molecule has 0 aliphatic rings. The van der Waals surface area contributed by atoms with Crippen LogP contribution in [-0.4, -0.2) is 5.96 Å². The summed E-state index contributed by atoms with van der Waals surface area (Å²) >= 11 is 5.95. The zero-order valence-electron chi connectivity index (χ0n) is 7.74. The van der Waals surface area contributed by atoms with Gasteiger partial charge in [0.2, 0.25) is 5.96 Å². The van der Waals surface area contributed by atoms with Gasteiger partial charge in [-0.3, -0.25) is 5.41 Å². The summed E-state index contributed by atoms with van der Waals surface area (Å²) in [7, 11) is 0. The lowest BCUT2D eigenvalue weighted by Crippen LogP contribution is -2.04. The number of guanidine groups is 1. The molecule has 0 saturated heterocycles. The van der Waals surface area contributed by atoms with E-state index >= 15 is 0 Å². The fourth-order valence-electron chi connectivity index (χ4n) is 1.02. The highest BCUT2D eigenvalue weighted by Gasteiger charge is 2.06. The third kappa shape index (κ3) is 2.81. The quantitative estimate of drug-likeness (QED) is 0.440. The molecule has 0 fully saturated rings. The molecule has 1 aromatic carbocycles. The van der Waals surface area contributed by atoms with Crippen LogP contribution in [0, 0.1) is 5.41 Å². The van der Waals surface area contributed by atoms with E-state index in [1.54, 1.807) is 6.07 Å². The molecular formula is C9H11ClN4. The number of benzene rings is 1. The van der Waals surface area contributed by atoms with Crippen LogP contribution in [0.1, 0.15) is 18.5 Å². The first-order valence-electron chi connectivity index (χ1n) is 4.10. The molecule has 0 aliphatic carbocycles. The Bertz CT molecular complexity index is 362. The van der Waals surface area contributed by atoms with E-state index in [9.17, 15) is 0 Å². The van der Waals surface area contributed by atoms with Gasteiger partial charge in [0.1, 0.15) is 0 Å². The van der Waals surface area contributed by atoms with E-state index in [1.807, 2.05) is 25.1 Å². The second-order valence-corrected chi connectivity index (χ2v) is 3.21. The summed E-state index contributed by atoms with van der Waals surface area (Å²) in [6, 6.07) is 7.19. The van der Waals surface area contributed by atoms with Crippen LogP contribution in [0.4, 0.5) is 0 Å². The minimum atomic E-state index is -0.302. The van der Waals surface area contributed by atoms with Crippen molar-refractivity contribution in [2.45, 2.75) is 13.0 Å². The van der Waals surface area contributed by atoms with Gasteiger partial charge in [0.15, 0.2) is 0 Å². The lowest BCUT2D eigenvalue weighted by Gasteiger charge is -2.06. The second kappa shape index (κ2) is 4.72. The van der Waals surface area contributed by atoms with Crippen molar-refractivity contribution in [2.75, 3.05) is 0 Å². The van der Waals surface area contributed by atoms with Crippen LogP contribution in [0.2, 0.25) is 5.02 Å². The highest BCUT2D eigenvalue weighted by Crippen LogP contribution is 2.24. The van der Waals surface area contributed by atoms with E-state index in [-0.39, 0.29) is 12.0 Å². The maximum atomic E-state index is 6.89. The van der Waals surface area contributed by atoms with Crippen molar-refractivity contribution >= 4 is 17.6 Å². The normalized spacial score (nSPS) is 13.0. The largest absolute Gasteiger partial charge is 0.367 e. The standard InChI is InChI=1S/C9H11ClN4/c1-6(13-14-9(11)12)7-4-2-3-5-8(7)10/h2-6H,1H3,(H3,11,12). The first-order valence-corrected chi connectivity index (χ1v) is 4.48. The lowest BCUT2D eigenvalue weighted by molar-refractivity contribution is 0.767. The predicted molar refractivity (Wildman–Crippen MR) is 56.6 cm³/mol. The summed E-state index contributed by atoms with van der Waals surface area (Å²) in [5.41, 5.74) is 5.92. The first-order chi connectivity index (χ1) is 6.61. The van der Waals surface area contributed by atoms with Gasteiger partial charge >= 0.3 is 0 Å². The van der Waals surface area contributed by atoms with Crippen LogP contribution in [0.5, 0.6) is 0 Å². The molecule has 0 spiro atoms. The van der Waals surface area contributed by atoms with Crippen LogP contribution in [-0.2, 0) is 0 Å². The topological polar surface area (TPSA) is 74.6 Å². The van der Waals surface area contributed by atoms with Gasteiger partial charge < -0.3 is 5.73 Å². The molecule has 3 N–H and O–H groups in total. The van der Waals surface area contributed by atoms with Gasteiger partial charge in [-0.2, -0.15) is 5.11 Å². The molecule has 1 atom stereocenters. The Morgan fingerprint density at radius 2 is 2.14 bits per heavy atom. The smallest absolute Gasteiger partial charge is 0.232 e. The van der Waals surface area contributed by atoms with Crippen molar-refractivity contribution in [3.05, 3.63) is 34.9 Å². The molecule has 0 radical (unpaired) electrons. The maximum absolute atomic E-state index is 6.89. The van der Waals surface area contributed by atoms with E-state index < -0.39 is 0 Å². The van der Waals surface area contributed by atoms with Crippen molar-refractivity contribution in [1.29, 1.82) is 5.41 Å². The van der Waals surface area contributed by atoms with E-state index in [4.69, 9.17) is 22.7 Å². The SMILES string of the molecule is CC(N=NC(=N)N)c1ccccc1Cl. The number of hydrogen-bond donors (Lipinski definition) is 2. The molecule has 0 aromatic heterocycles. The van der Waals surface area contributed by atoms with Crippen molar-refractivity contribution < 1.29 is 0 Å². The molecule has 0 bridgehead atoms. The first kappa shape index (κ1) is 10.7. The predicted octanol–water partition coefficient (Wildman–Crippen LogP) is 2.75. The highest BCUT2D eigenvalue weighted by atomic mass is 35.5. The summed E-state index contributed by atoms with van der Waals surface area (Å²) in [5.74, 6) is -0.302. The molecule has 1 rings (SSSR count). The molecule has 1 aromatic rings. The van der Waals surface area contributed by atoms with Gasteiger partial charge in [-0.15, -0.1) is 5.11 Å². The summed E-state index contributed by atoms with van der Waals surface area (Å²) in [5, 5.41) is 14.8. The van der Waals surface area contributed by atoms with E-state index in [0.29, 0.717) is 5.02 Å². The highest BCUT2D eigenvalue weighted by molar-refractivity contribution is 6.31. The van der Waals surface area contributed by atoms with Crippen molar-refractivity contribution in [3.63, 3.8) is 0 Å². The fourth-order valence-corrected chi connectivity index (χ4v) is 1.32. The van der Waals surface area contributed by atoms with E-state index in [1.165, 1.54) is 0 Å². The zero-order chi connectivity index (χ0) is 10.6. The number of rotatable bonds is 2. The number of halogens is 1. The maximum Gasteiger partial charge on any atom is 0.232 e. The van der Waals surface area contributed by atoms with Gasteiger partial charge in [-0.1, -0.05) is 29.8 Å². The van der Waals surface area contributed by atoms with Gasteiger partial charge in [-0.05, 0) is 18.6 Å². The summed E-state index contributed by atoms with van der Waals surface area (Å²) in [6.07, 6.45) is 0. The number of nitrogens with one attached hydrogen (secondary N) is 1. The Kier molecular flexibility index (Phi) is 3.59. The number of nitrogens with zero attached hydrogens (tertiary/aromatic N) is 2. The monoisotopic (exact) mass is 210 g/mol. The third-order valence-electron chi connectivity index (χ3n) is 1.69. The Morgan fingerprint density at radius 1 is 1.50 bits per heavy atom. The van der Waals surface area contributed by atoms with Gasteiger partial charge in [-0.25, -0.2) is 0 Å². The minimum Gasteiger partial charge on any atom is -0.367 e. The molecule has 5 heteroatoms. The molecule has 0 amide bonds. The van der Waals surface area contributed by atoms with E-state index in [0.717, 1.165) is 5.56 Å². The van der Waals surface area contributed by atoms with Gasteiger partial charge in [0, 0.05) is 5.02 Å². The average Bonchev–Trinajstić information content (AvgIpc) is 2.15. The average molecular weight is 211 g/mol. The molecule has 1 unspecified atom stereocenters. The Hall–Kier alpha value is -1.42. The molecule has 0 heterocycles. The Labute approximate surface area is 87.3 Å². The van der Waals surface area contributed by atoms with E-state index in [2.05, 4.69) is 10.2 Å². The molecule has 4 nitrogen and oxygen atoms in total. The Balaban J connectivity index is 2.84. The molecule has 14 heavy (non-hydrogen) atoms. The number of nitrogens with two attached hydrogens (primary N) is 1. The van der Waals surface area contributed by atoms with Gasteiger partial charge in [0.25, 0.3) is 0 Å². The lowest BCUT2D eigenvalue weighted by atomic mass is 10.1. The number of hydrogen-bond acceptors (Lipinski definition) is 2. The third-order valence-corrected chi connectivity index (χ3v) is 2.04. The van der Waals surface area contributed by atoms with Crippen LogP contribution < -0.4 is 5.73 Å².